The number of anilines is 1. The van der Waals surface area contributed by atoms with E-state index in [0.29, 0.717) is 54.9 Å². The number of hydrogen-bond acceptors (Lipinski definition) is 6. The highest BCUT2D eigenvalue weighted by atomic mass is 19.1. The molecular formula is C26H24F2N8O. The summed E-state index contributed by atoms with van der Waals surface area (Å²) in [6.07, 6.45) is 3.43. The lowest BCUT2D eigenvalue weighted by Gasteiger charge is -2.34. The molecule has 1 amide bonds. The van der Waals surface area contributed by atoms with E-state index in [4.69, 9.17) is 4.98 Å². The van der Waals surface area contributed by atoms with Crippen LogP contribution in [0.15, 0.2) is 48.8 Å². The Morgan fingerprint density at radius 1 is 1.03 bits per heavy atom. The van der Waals surface area contributed by atoms with Gasteiger partial charge >= 0.3 is 0 Å². The molecule has 0 radical (unpaired) electrons. The van der Waals surface area contributed by atoms with Gasteiger partial charge in [-0.25, -0.2) is 28.7 Å². The molecule has 0 spiro atoms. The third-order valence-corrected chi connectivity index (χ3v) is 6.88. The van der Waals surface area contributed by atoms with Gasteiger partial charge in [0.2, 0.25) is 5.95 Å². The Balaban J connectivity index is 1.24. The second-order valence-corrected chi connectivity index (χ2v) is 9.19. The molecule has 1 aliphatic rings. The lowest BCUT2D eigenvalue weighted by molar-refractivity contribution is 0.0746. The number of H-pyrrole nitrogens is 1. The van der Waals surface area contributed by atoms with Crippen molar-refractivity contribution < 1.29 is 13.6 Å². The molecular weight excluding hydrogens is 478 g/mol. The predicted octanol–water partition coefficient (Wildman–Crippen LogP) is 3.63. The number of hydrogen-bond donors (Lipinski definition) is 1. The summed E-state index contributed by atoms with van der Waals surface area (Å²) >= 11 is 0. The van der Waals surface area contributed by atoms with Gasteiger partial charge < -0.3 is 19.4 Å². The zero-order chi connectivity index (χ0) is 25.7. The van der Waals surface area contributed by atoms with Crippen LogP contribution in [0, 0.1) is 11.6 Å². The molecule has 0 aliphatic carbocycles. The topological polar surface area (TPSA) is 95.8 Å². The first-order valence-electron chi connectivity index (χ1n) is 12.0. The molecule has 1 atom stereocenters. The van der Waals surface area contributed by atoms with Gasteiger partial charge in [-0.1, -0.05) is 0 Å². The second-order valence-electron chi connectivity index (χ2n) is 9.19. The largest absolute Gasteiger partial charge is 0.341 e. The molecule has 9 nitrogen and oxygen atoms in total. The zero-order valence-corrected chi connectivity index (χ0v) is 20.3. The van der Waals surface area contributed by atoms with E-state index in [0.717, 1.165) is 17.1 Å². The molecule has 0 bridgehead atoms. The summed E-state index contributed by atoms with van der Waals surface area (Å²) in [5, 5.41) is 0. The number of rotatable bonds is 4. The van der Waals surface area contributed by atoms with Gasteiger partial charge in [-0.15, -0.1) is 0 Å². The molecule has 1 unspecified atom stereocenters. The van der Waals surface area contributed by atoms with E-state index in [1.54, 1.807) is 24.5 Å². The lowest BCUT2D eigenvalue weighted by atomic mass is 10.1. The van der Waals surface area contributed by atoms with Crippen molar-refractivity contribution in [2.75, 3.05) is 31.1 Å². The number of carbonyl (C=O) groups is 1. The summed E-state index contributed by atoms with van der Waals surface area (Å²) in [5.41, 5.74) is 2.51. The predicted molar refractivity (Wildman–Crippen MR) is 134 cm³/mol. The highest BCUT2D eigenvalue weighted by Gasteiger charge is 2.25. The first-order valence-corrected chi connectivity index (χ1v) is 12.0. The van der Waals surface area contributed by atoms with Crippen molar-refractivity contribution in [2.24, 2.45) is 7.05 Å². The number of amides is 1. The van der Waals surface area contributed by atoms with Crippen LogP contribution in [0.4, 0.5) is 14.7 Å². The van der Waals surface area contributed by atoms with E-state index in [1.807, 2.05) is 35.6 Å². The number of nitrogens with zero attached hydrogens (tertiary/aromatic N) is 7. The fourth-order valence-electron chi connectivity index (χ4n) is 4.86. The molecule has 4 heterocycles. The third kappa shape index (κ3) is 4.05. The van der Waals surface area contributed by atoms with Crippen LogP contribution in [0.3, 0.4) is 0 Å². The molecule has 1 saturated heterocycles. The number of halogens is 2. The average Bonchev–Trinajstić information content (AvgIpc) is 3.50. The first-order chi connectivity index (χ1) is 17.9. The van der Waals surface area contributed by atoms with E-state index < -0.39 is 11.6 Å². The Labute approximate surface area is 210 Å². The second kappa shape index (κ2) is 8.91. The standard InChI is InChI=1S/C26H24F2N8O/c1-15(23-31-20-14-17(27)13-18(28)22(20)33-23)24-32-19-5-4-16(12-21(19)34(24)2)25(37)35-8-10-36(11-9-35)26-29-6-3-7-30-26/h3-7,12-15H,8-11H2,1-2H3,(H,31,33). The van der Waals surface area contributed by atoms with Crippen molar-refractivity contribution in [3.8, 4) is 0 Å². The number of nitrogens with one attached hydrogen (secondary N) is 1. The number of benzene rings is 2. The number of fused-ring (bicyclic) bond motifs is 2. The maximum Gasteiger partial charge on any atom is 0.254 e. The van der Waals surface area contributed by atoms with E-state index >= 15 is 0 Å². The Hall–Kier alpha value is -4.41. The minimum absolute atomic E-state index is 0.0406. The van der Waals surface area contributed by atoms with Crippen LogP contribution in [0.2, 0.25) is 0 Å². The van der Waals surface area contributed by atoms with E-state index in [-0.39, 0.29) is 17.3 Å². The molecule has 6 rings (SSSR count). The highest BCUT2D eigenvalue weighted by molar-refractivity contribution is 5.97. The van der Waals surface area contributed by atoms with E-state index in [1.165, 1.54) is 6.07 Å². The number of aromatic amines is 1. The molecule has 11 heteroatoms. The summed E-state index contributed by atoms with van der Waals surface area (Å²) in [5.74, 6) is 0.105. The van der Waals surface area contributed by atoms with Gasteiger partial charge in [-0.05, 0) is 37.3 Å². The van der Waals surface area contributed by atoms with Crippen molar-refractivity contribution in [2.45, 2.75) is 12.8 Å². The van der Waals surface area contributed by atoms with Gasteiger partial charge in [0, 0.05) is 57.3 Å². The number of aryl methyl sites for hydroxylation is 1. The minimum atomic E-state index is -0.713. The summed E-state index contributed by atoms with van der Waals surface area (Å²) in [7, 11) is 1.87. The maximum atomic E-state index is 14.2. The molecule has 1 fully saturated rings. The average molecular weight is 503 g/mol. The van der Waals surface area contributed by atoms with Crippen LogP contribution in [0.25, 0.3) is 22.1 Å². The van der Waals surface area contributed by atoms with Crippen LogP contribution in [-0.4, -0.2) is 66.5 Å². The summed E-state index contributed by atoms with van der Waals surface area (Å²) in [4.78, 5) is 37.9. The van der Waals surface area contributed by atoms with E-state index in [2.05, 4.69) is 24.8 Å². The molecule has 3 aromatic heterocycles. The van der Waals surface area contributed by atoms with Crippen LogP contribution < -0.4 is 4.90 Å². The number of aromatic nitrogens is 6. The smallest absolute Gasteiger partial charge is 0.254 e. The Morgan fingerprint density at radius 2 is 1.78 bits per heavy atom. The van der Waals surface area contributed by atoms with Crippen LogP contribution in [0.5, 0.6) is 0 Å². The Morgan fingerprint density at radius 3 is 2.54 bits per heavy atom. The summed E-state index contributed by atoms with van der Waals surface area (Å²) < 4.78 is 29.7. The van der Waals surface area contributed by atoms with Crippen molar-refractivity contribution in [3.05, 3.63) is 77.6 Å². The highest BCUT2D eigenvalue weighted by Crippen LogP contribution is 2.28. The number of imidazole rings is 2. The lowest BCUT2D eigenvalue weighted by Crippen LogP contribution is -2.49. The first kappa shape index (κ1) is 23.0. The van der Waals surface area contributed by atoms with E-state index in [9.17, 15) is 13.6 Å². The maximum absolute atomic E-state index is 14.2. The number of piperazine rings is 1. The molecule has 1 N–H and O–H groups in total. The fraction of sp³-hybridized carbons (Fsp3) is 0.269. The molecule has 188 valence electrons. The van der Waals surface area contributed by atoms with Crippen LogP contribution in [-0.2, 0) is 7.05 Å². The quantitative estimate of drug-likeness (QED) is 0.403. The zero-order valence-electron chi connectivity index (χ0n) is 20.3. The SMILES string of the molecule is CC(c1nc2c(F)cc(F)cc2[nH]1)c1nc2ccc(C(=O)N3CCN(c4ncccn4)CC3)cc2n1C. The van der Waals surface area contributed by atoms with Gasteiger partial charge in [-0.2, -0.15) is 0 Å². The fourth-order valence-corrected chi connectivity index (χ4v) is 4.86. The molecule has 37 heavy (non-hydrogen) atoms. The minimum Gasteiger partial charge on any atom is -0.341 e. The van der Waals surface area contributed by atoms with Crippen molar-refractivity contribution in [3.63, 3.8) is 0 Å². The summed E-state index contributed by atoms with van der Waals surface area (Å²) in [6, 6.07) is 9.29. The van der Waals surface area contributed by atoms with Crippen molar-refractivity contribution in [1.29, 1.82) is 0 Å². The van der Waals surface area contributed by atoms with Crippen molar-refractivity contribution in [1.82, 2.24) is 34.4 Å². The van der Waals surface area contributed by atoms with Gasteiger partial charge in [-0.3, -0.25) is 4.79 Å². The summed E-state index contributed by atoms with van der Waals surface area (Å²) in [6.45, 7) is 4.37. The molecule has 2 aromatic carbocycles. The van der Waals surface area contributed by atoms with Crippen molar-refractivity contribution >= 4 is 33.9 Å². The number of carbonyl (C=O) groups excluding carboxylic acids is 1. The Bertz CT molecular complexity index is 1620. The van der Waals surface area contributed by atoms with Gasteiger partial charge in [0.15, 0.2) is 5.82 Å². The molecule has 1 aliphatic heterocycles. The van der Waals surface area contributed by atoms with Gasteiger partial charge in [0.25, 0.3) is 5.91 Å². The third-order valence-electron chi connectivity index (χ3n) is 6.88. The van der Waals surface area contributed by atoms with Gasteiger partial charge in [0.1, 0.15) is 23.0 Å². The Kier molecular flexibility index (Phi) is 5.54. The van der Waals surface area contributed by atoms with Crippen LogP contribution >= 0.6 is 0 Å². The van der Waals surface area contributed by atoms with Crippen LogP contribution in [0.1, 0.15) is 34.8 Å². The van der Waals surface area contributed by atoms with Gasteiger partial charge in [0.05, 0.1) is 22.5 Å². The monoisotopic (exact) mass is 502 g/mol. The molecule has 0 saturated carbocycles. The molecule has 5 aromatic rings. The normalized spacial score (nSPS) is 15.0.